The Morgan fingerprint density at radius 2 is 1.93 bits per heavy atom. The second-order valence-corrected chi connectivity index (χ2v) is 8.67. The summed E-state index contributed by atoms with van der Waals surface area (Å²) in [7, 11) is 0. The zero-order valence-electron chi connectivity index (χ0n) is 14.8. The number of carbonyl (C=O) groups excluding carboxylic acids is 1. The lowest BCUT2D eigenvalue weighted by molar-refractivity contribution is 0.0599. The first kappa shape index (κ1) is 18.2. The van der Waals surface area contributed by atoms with Gasteiger partial charge in [-0.1, -0.05) is 11.3 Å². The van der Waals surface area contributed by atoms with E-state index in [-0.39, 0.29) is 17.5 Å². The average Bonchev–Trinajstić information content (AvgIpc) is 3.17. The summed E-state index contributed by atoms with van der Waals surface area (Å²) in [5.74, 6) is -1.31. The molecule has 0 radical (unpaired) electrons. The van der Waals surface area contributed by atoms with E-state index in [0.29, 0.717) is 40.7 Å². The summed E-state index contributed by atoms with van der Waals surface area (Å²) in [5.41, 5.74) is 0.893. The summed E-state index contributed by atoms with van der Waals surface area (Å²) in [5, 5.41) is 1.21. The van der Waals surface area contributed by atoms with Crippen molar-refractivity contribution < 1.29 is 18.3 Å². The van der Waals surface area contributed by atoms with Crippen molar-refractivity contribution in [3.8, 4) is 5.19 Å². The van der Waals surface area contributed by atoms with Gasteiger partial charge in [0.1, 0.15) is 22.3 Å². The Hall–Kier alpha value is -2.13. The number of amides is 1. The number of piperidine rings is 1. The Bertz CT molecular complexity index is 1010. The fourth-order valence-electron chi connectivity index (χ4n) is 3.18. The minimum absolute atomic E-state index is 0.00841. The summed E-state index contributed by atoms with van der Waals surface area (Å²) in [4.78, 5) is 23.6. The number of thiazole rings is 2. The number of carbonyl (C=O) groups is 1. The number of nitrogens with zero attached hydrogens (tertiary/aromatic N) is 3. The van der Waals surface area contributed by atoms with Gasteiger partial charge in [-0.05, 0) is 19.9 Å². The van der Waals surface area contributed by atoms with Gasteiger partial charge in [0.05, 0.1) is 15.4 Å². The molecule has 0 unspecified atom stereocenters. The molecule has 0 N–H and O–H groups in total. The van der Waals surface area contributed by atoms with Crippen LogP contribution >= 0.6 is 22.7 Å². The van der Waals surface area contributed by atoms with E-state index in [1.54, 1.807) is 0 Å². The predicted octanol–water partition coefficient (Wildman–Crippen LogP) is 4.33. The van der Waals surface area contributed by atoms with Crippen LogP contribution in [0.2, 0.25) is 0 Å². The lowest BCUT2D eigenvalue weighted by Crippen LogP contribution is -2.41. The van der Waals surface area contributed by atoms with Gasteiger partial charge >= 0.3 is 0 Å². The normalized spacial score (nSPS) is 15.5. The van der Waals surface area contributed by atoms with Crippen LogP contribution in [-0.4, -0.2) is 40.0 Å². The fourth-order valence-corrected chi connectivity index (χ4v) is 4.99. The quantitative estimate of drug-likeness (QED) is 0.646. The Morgan fingerprint density at radius 1 is 1.19 bits per heavy atom. The highest BCUT2D eigenvalue weighted by Gasteiger charge is 2.27. The Labute approximate surface area is 162 Å². The zero-order chi connectivity index (χ0) is 19.1. The maximum Gasteiger partial charge on any atom is 0.274 e. The van der Waals surface area contributed by atoms with Gasteiger partial charge in [0.15, 0.2) is 5.82 Å². The van der Waals surface area contributed by atoms with Crippen molar-refractivity contribution in [3.05, 3.63) is 39.3 Å². The van der Waals surface area contributed by atoms with E-state index in [9.17, 15) is 13.6 Å². The lowest BCUT2D eigenvalue weighted by atomic mass is 10.1. The van der Waals surface area contributed by atoms with Crippen molar-refractivity contribution in [1.29, 1.82) is 0 Å². The smallest absolute Gasteiger partial charge is 0.274 e. The number of halogens is 2. The summed E-state index contributed by atoms with van der Waals surface area (Å²) < 4.78 is 33.4. The predicted molar refractivity (Wildman–Crippen MR) is 101 cm³/mol. The number of hydrogen-bond acceptors (Lipinski definition) is 6. The molecule has 0 saturated carbocycles. The summed E-state index contributed by atoms with van der Waals surface area (Å²) in [6, 6.07) is 2.07. The van der Waals surface area contributed by atoms with E-state index in [2.05, 4.69) is 9.97 Å². The van der Waals surface area contributed by atoms with Crippen LogP contribution in [0.3, 0.4) is 0 Å². The van der Waals surface area contributed by atoms with Crippen molar-refractivity contribution in [2.24, 2.45) is 0 Å². The SMILES string of the molecule is Cc1nc(C)c(C(=O)N2CCC(Oc3nc4c(F)cc(F)cc4s3)CC2)s1. The van der Waals surface area contributed by atoms with Crippen LogP contribution in [0.25, 0.3) is 10.2 Å². The molecular weight excluding hydrogens is 392 g/mol. The van der Waals surface area contributed by atoms with Gasteiger partial charge in [-0.15, -0.1) is 11.3 Å². The molecule has 1 saturated heterocycles. The molecule has 27 heavy (non-hydrogen) atoms. The zero-order valence-corrected chi connectivity index (χ0v) is 16.4. The third kappa shape index (κ3) is 3.66. The molecule has 5 nitrogen and oxygen atoms in total. The summed E-state index contributed by atoms with van der Waals surface area (Å²) in [6.45, 7) is 4.89. The molecule has 1 aromatic carbocycles. The molecule has 2 aromatic heterocycles. The van der Waals surface area contributed by atoms with Crippen molar-refractivity contribution in [2.45, 2.75) is 32.8 Å². The average molecular weight is 409 g/mol. The fraction of sp³-hybridized carbons (Fsp3) is 0.389. The number of hydrogen-bond donors (Lipinski definition) is 0. The van der Waals surface area contributed by atoms with E-state index < -0.39 is 11.6 Å². The minimum atomic E-state index is -0.688. The highest BCUT2D eigenvalue weighted by molar-refractivity contribution is 7.20. The van der Waals surface area contributed by atoms with Crippen LogP contribution < -0.4 is 4.74 Å². The van der Waals surface area contributed by atoms with E-state index in [1.165, 1.54) is 17.4 Å². The highest BCUT2D eigenvalue weighted by atomic mass is 32.1. The van der Waals surface area contributed by atoms with E-state index in [1.807, 2.05) is 18.7 Å². The number of ether oxygens (including phenoxy) is 1. The molecule has 0 atom stereocenters. The Morgan fingerprint density at radius 3 is 2.59 bits per heavy atom. The number of benzene rings is 1. The monoisotopic (exact) mass is 409 g/mol. The van der Waals surface area contributed by atoms with E-state index in [4.69, 9.17) is 4.74 Å². The van der Waals surface area contributed by atoms with Gasteiger partial charge in [-0.25, -0.2) is 13.8 Å². The van der Waals surface area contributed by atoms with Crippen molar-refractivity contribution in [3.63, 3.8) is 0 Å². The first-order valence-corrected chi connectivity index (χ1v) is 10.2. The van der Waals surface area contributed by atoms with Crippen molar-refractivity contribution >= 4 is 38.8 Å². The Balaban J connectivity index is 1.40. The standard InChI is InChI=1S/C18H17F2N3O2S2/c1-9-16(26-10(2)21-9)17(24)23-5-3-12(4-6-23)25-18-22-15-13(20)7-11(19)8-14(15)27-18/h7-8,12H,3-6H2,1-2H3. The van der Waals surface area contributed by atoms with E-state index in [0.717, 1.165) is 28.1 Å². The van der Waals surface area contributed by atoms with Crippen LogP contribution in [0.4, 0.5) is 8.78 Å². The molecule has 1 aliphatic heterocycles. The molecule has 1 fully saturated rings. The number of aryl methyl sites for hydroxylation is 2. The van der Waals surface area contributed by atoms with E-state index >= 15 is 0 Å². The van der Waals surface area contributed by atoms with Crippen LogP contribution in [0.1, 0.15) is 33.2 Å². The maximum atomic E-state index is 13.8. The van der Waals surface area contributed by atoms with Crippen molar-refractivity contribution in [2.75, 3.05) is 13.1 Å². The molecule has 1 aliphatic rings. The molecular formula is C18H17F2N3O2S2. The summed E-state index contributed by atoms with van der Waals surface area (Å²) in [6.07, 6.45) is 1.22. The van der Waals surface area contributed by atoms with Gasteiger partial charge in [0.25, 0.3) is 11.1 Å². The molecule has 4 rings (SSSR count). The van der Waals surface area contributed by atoms with Crippen LogP contribution in [0.5, 0.6) is 5.19 Å². The number of fused-ring (bicyclic) bond motifs is 1. The molecule has 1 amide bonds. The number of likely N-dealkylation sites (tertiary alicyclic amines) is 1. The molecule has 0 spiro atoms. The largest absolute Gasteiger partial charge is 0.467 e. The summed E-state index contributed by atoms with van der Waals surface area (Å²) >= 11 is 2.54. The number of aromatic nitrogens is 2. The molecule has 3 heterocycles. The van der Waals surface area contributed by atoms with Gasteiger partial charge in [0.2, 0.25) is 0 Å². The van der Waals surface area contributed by atoms with Crippen LogP contribution in [0, 0.1) is 25.5 Å². The first-order chi connectivity index (χ1) is 12.9. The van der Waals surface area contributed by atoms with Gasteiger partial charge in [-0.2, -0.15) is 4.98 Å². The Kier molecular flexibility index (Phi) is 4.81. The van der Waals surface area contributed by atoms with Gasteiger partial charge < -0.3 is 9.64 Å². The van der Waals surface area contributed by atoms with Gasteiger partial charge in [0, 0.05) is 32.0 Å². The second-order valence-electron chi connectivity index (χ2n) is 6.47. The third-order valence-electron chi connectivity index (χ3n) is 4.49. The van der Waals surface area contributed by atoms with Crippen LogP contribution in [0.15, 0.2) is 12.1 Å². The third-order valence-corrected chi connectivity index (χ3v) is 6.44. The maximum absolute atomic E-state index is 13.8. The highest BCUT2D eigenvalue weighted by Crippen LogP contribution is 2.32. The lowest BCUT2D eigenvalue weighted by Gasteiger charge is -2.31. The van der Waals surface area contributed by atoms with Crippen molar-refractivity contribution in [1.82, 2.24) is 14.9 Å². The molecule has 3 aromatic rings. The molecule has 9 heteroatoms. The molecule has 142 valence electrons. The minimum Gasteiger partial charge on any atom is -0.467 e. The van der Waals surface area contributed by atoms with Crippen LogP contribution in [-0.2, 0) is 0 Å². The topological polar surface area (TPSA) is 55.3 Å². The molecule has 0 aliphatic carbocycles. The first-order valence-electron chi connectivity index (χ1n) is 8.56. The number of rotatable bonds is 3. The molecule has 0 bridgehead atoms. The second kappa shape index (κ2) is 7.12. The van der Waals surface area contributed by atoms with Gasteiger partial charge in [-0.3, -0.25) is 4.79 Å².